The van der Waals surface area contributed by atoms with Gasteiger partial charge in [0.05, 0.1) is 13.2 Å². The molecule has 2 aromatic rings. The Kier molecular flexibility index (Phi) is 12.2. The normalized spacial score (nSPS) is 11.5. The highest BCUT2D eigenvalue weighted by Gasteiger charge is 2.15. The van der Waals surface area contributed by atoms with Crippen molar-refractivity contribution in [2.75, 3.05) is 13.2 Å². The van der Waals surface area contributed by atoms with Gasteiger partial charge < -0.3 is 14.7 Å². The third kappa shape index (κ3) is 9.41. The molecule has 31 heavy (non-hydrogen) atoms. The van der Waals surface area contributed by atoms with E-state index in [-0.39, 0.29) is 0 Å². The lowest BCUT2D eigenvalue weighted by atomic mass is 10.2. The smallest absolute Gasteiger partial charge is 0.244 e. The van der Waals surface area contributed by atoms with Gasteiger partial charge in [-0.2, -0.15) is 0 Å². The first kappa shape index (κ1) is 24.7. The van der Waals surface area contributed by atoms with Gasteiger partial charge in [0.25, 0.3) is 0 Å². The van der Waals surface area contributed by atoms with Crippen molar-refractivity contribution in [2.24, 2.45) is 5.11 Å². The van der Waals surface area contributed by atoms with E-state index in [0.29, 0.717) is 40.9 Å². The number of nitrogens with zero attached hydrogens (tertiary/aromatic N) is 2. The molecular formula is C26H38N2O3. The number of unbranched alkanes of at least 4 members (excludes halogenated alkanes) is 8. The van der Waals surface area contributed by atoms with Crippen LogP contribution in [0.3, 0.4) is 0 Å². The Balaban J connectivity index is 2.09. The van der Waals surface area contributed by atoms with Gasteiger partial charge in [-0.05, 0) is 29.8 Å². The molecule has 0 N–H and O–H groups in total. The van der Waals surface area contributed by atoms with E-state index in [9.17, 15) is 5.21 Å². The lowest BCUT2D eigenvalue weighted by molar-refractivity contribution is -0.435. The predicted octanol–water partition coefficient (Wildman–Crippen LogP) is 8.31. The molecular weight excluding hydrogens is 388 g/mol. The van der Waals surface area contributed by atoms with Crippen molar-refractivity contribution in [3.63, 3.8) is 0 Å². The highest BCUT2D eigenvalue weighted by molar-refractivity contribution is 5.59. The van der Waals surface area contributed by atoms with Gasteiger partial charge in [-0.1, -0.05) is 89.5 Å². The maximum atomic E-state index is 12.5. The van der Waals surface area contributed by atoms with Crippen LogP contribution < -0.4 is 9.47 Å². The monoisotopic (exact) mass is 426 g/mol. The van der Waals surface area contributed by atoms with Crippen molar-refractivity contribution in [3.05, 3.63) is 53.7 Å². The van der Waals surface area contributed by atoms with Gasteiger partial charge in [0.15, 0.2) is 17.2 Å². The van der Waals surface area contributed by atoms with Crippen LogP contribution in [0.5, 0.6) is 11.5 Å². The van der Waals surface area contributed by atoms with E-state index in [1.807, 2.05) is 30.3 Å². The number of hydrogen-bond donors (Lipinski definition) is 0. The van der Waals surface area contributed by atoms with E-state index < -0.39 is 0 Å². The fourth-order valence-corrected chi connectivity index (χ4v) is 3.32. The number of rotatable bonds is 16. The zero-order valence-electron chi connectivity index (χ0n) is 19.2. The lowest BCUT2D eigenvalue weighted by Crippen LogP contribution is -2.03. The first-order chi connectivity index (χ1) is 15.3. The molecule has 5 nitrogen and oxygen atoms in total. The van der Waals surface area contributed by atoms with Crippen molar-refractivity contribution in [1.29, 1.82) is 0 Å². The number of para-hydroxylation sites is 2. The summed E-state index contributed by atoms with van der Waals surface area (Å²) >= 11 is 0. The highest BCUT2D eigenvalue weighted by atomic mass is 16.5. The van der Waals surface area contributed by atoms with Crippen LogP contribution in [0.15, 0.2) is 53.6 Å². The number of benzene rings is 2. The largest absolute Gasteiger partial charge is 0.594 e. The summed E-state index contributed by atoms with van der Waals surface area (Å²) < 4.78 is 12.1. The zero-order valence-corrected chi connectivity index (χ0v) is 19.2. The number of azo groups is 1. The Morgan fingerprint density at radius 2 is 1.32 bits per heavy atom. The first-order valence-corrected chi connectivity index (χ1v) is 11.9. The van der Waals surface area contributed by atoms with Crippen molar-refractivity contribution in [2.45, 2.75) is 78.1 Å². The van der Waals surface area contributed by atoms with Crippen LogP contribution in [-0.2, 0) is 0 Å². The number of ether oxygens (including phenoxy) is 2. The Bertz CT molecular complexity index is 763. The summed E-state index contributed by atoms with van der Waals surface area (Å²) in [6.45, 7) is 5.65. The molecule has 0 aromatic heterocycles. The van der Waals surface area contributed by atoms with Crippen LogP contribution in [0.4, 0.5) is 11.4 Å². The van der Waals surface area contributed by atoms with Gasteiger partial charge in [-0.3, -0.25) is 0 Å². The molecule has 0 bridgehead atoms. The van der Waals surface area contributed by atoms with E-state index in [0.717, 1.165) is 25.7 Å². The second-order valence-electron chi connectivity index (χ2n) is 7.84. The maximum Gasteiger partial charge on any atom is 0.244 e. The summed E-state index contributed by atoms with van der Waals surface area (Å²) in [6.07, 6.45) is 11.7. The van der Waals surface area contributed by atoms with E-state index in [1.165, 1.54) is 38.5 Å². The minimum Gasteiger partial charge on any atom is -0.594 e. The first-order valence-electron chi connectivity index (χ1n) is 11.9. The molecule has 0 fully saturated rings. The summed E-state index contributed by atoms with van der Waals surface area (Å²) in [5.74, 6) is 1.22. The van der Waals surface area contributed by atoms with Crippen molar-refractivity contribution < 1.29 is 14.3 Å². The quantitative estimate of drug-likeness (QED) is 0.117. The van der Waals surface area contributed by atoms with E-state index >= 15 is 0 Å². The maximum absolute atomic E-state index is 12.5. The van der Waals surface area contributed by atoms with Crippen LogP contribution in [0.1, 0.15) is 78.1 Å². The summed E-state index contributed by atoms with van der Waals surface area (Å²) in [4.78, 5) is 0.637. The van der Waals surface area contributed by atoms with Crippen LogP contribution >= 0.6 is 0 Å². The molecule has 0 atom stereocenters. The van der Waals surface area contributed by atoms with Crippen molar-refractivity contribution >= 4 is 11.4 Å². The van der Waals surface area contributed by atoms with Crippen molar-refractivity contribution in [3.8, 4) is 11.5 Å². The van der Waals surface area contributed by atoms with Crippen LogP contribution in [-0.4, -0.2) is 18.1 Å². The summed E-state index contributed by atoms with van der Waals surface area (Å²) in [5, 5.41) is 16.8. The van der Waals surface area contributed by atoms with Gasteiger partial charge in [0.1, 0.15) is 0 Å². The predicted molar refractivity (Wildman–Crippen MR) is 127 cm³/mol. The van der Waals surface area contributed by atoms with E-state index in [2.05, 4.69) is 19.0 Å². The molecule has 0 heterocycles. The Morgan fingerprint density at radius 1 is 0.710 bits per heavy atom. The molecule has 170 valence electrons. The summed E-state index contributed by atoms with van der Waals surface area (Å²) in [7, 11) is 0. The average Bonchev–Trinajstić information content (AvgIpc) is 2.80. The average molecular weight is 427 g/mol. The van der Waals surface area contributed by atoms with Crippen LogP contribution in [0.25, 0.3) is 0 Å². The molecule has 0 radical (unpaired) electrons. The standard InChI is InChI=1S/C26H38N2O3/c1-3-5-7-9-14-21-30-25-20-16-19-24(26(25)31-22-15-10-8-6-4-2)27-28(29)23-17-12-11-13-18-23/h11-13,16-20H,3-10,14-15,21-22H2,1-2H3. The molecule has 2 rings (SSSR count). The molecule has 2 aromatic carbocycles. The lowest BCUT2D eigenvalue weighted by Gasteiger charge is -2.14. The molecule has 0 saturated heterocycles. The van der Waals surface area contributed by atoms with E-state index in [1.54, 1.807) is 18.2 Å². The Labute approximate surface area is 187 Å². The fourth-order valence-electron chi connectivity index (χ4n) is 3.32. The topological polar surface area (TPSA) is 56.9 Å². The molecule has 5 heteroatoms. The molecule has 0 amide bonds. The third-order valence-electron chi connectivity index (χ3n) is 5.13. The van der Waals surface area contributed by atoms with Crippen LogP contribution in [0, 0.1) is 5.21 Å². The minimum absolute atomic E-state index is 0.482. The van der Waals surface area contributed by atoms with Gasteiger partial charge in [-0.25, -0.2) is 0 Å². The Hall–Kier alpha value is -2.56. The molecule has 0 aliphatic heterocycles. The third-order valence-corrected chi connectivity index (χ3v) is 5.13. The highest BCUT2D eigenvalue weighted by Crippen LogP contribution is 2.38. The molecule has 0 saturated carbocycles. The van der Waals surface area contributed by atoms with Gasteiger partial charge in [-0.15, -0.1) is 0 Å². The minimum atomic E-state index is 0.482. The molecule has 0 aliphatic rings. The SMILES string of the molecule is CCCCCCCOc1cccc(N=[N+]([O-])c2ccccc2)c1OCCCCCCC. The second-order valence-corrected chi connectivity index (χ2v) is 7.84. The number of hydrogen-bond acceptors (Lipinski definition) is 4. The van der Waals surface area contributed by atoms with Gasteiger partial charge in [0, 0.05) is 17.2 Å². The van der Waals surface area contributed by atoms with Gasteiger partial charge in [0.2, 0.25) is 5.69 Å². The van der Waals surface area contributed by atoms with Crippen molar-refractivity contribution in [1.82, 2.24) is 0 Å². The Morgan fingerprint density at radius 3 is 1.97 bits per heavy atom. The summed E-state index contributed by atoms with van der Waals surface area (Å²) in [5.41, 5.74) is 0.978. The molecule has 0 unspecified atom stereocenters. The molecule has 0 spiro atoms. The van der Waals surface area contributed by atoms with Gasteiger partial charge >= 0.3 is 0 Å². The summed E-state index contributed by atoms with van der Waals surface area (Å²) in [6, 6.07) is 14.5. The fraction of sp³-hybridized carbons (Fsp3) is 0.538. The second kappa shape index (κ2) is 15.3. The van der Waals surface area contributed by atoms with E-state index in [4.69, 9.17) is 9.47 Å². The zero-order chi connectivity index (χ0) is 22.2. The molecule has 0 aliphatic carbocycles. The van der Waals surface area contributed by atoms with Crippen LogP contribution in [0.2, 0.25) is 0 Å².